The fourth-order valence-corrected chi connectivity index (χ4v) is 2.44. The lowest BCUT2D eigenvalue weighted by atomic mass is 10.1. The molecule has 0 aliphatic rings. The van der Waals surface area contributed by atoms with Gasteiger partial charge in [0.2, 0.25) is 0 Å². The molecule has 0 saturated carbocycles. The highest BCUT2D eigenvalue weighted by atomic mass is 79.9. The van der Waals surface area contributed by atoms with Crippen LogP contribution in [0.1, 0.15) is 26.3 Å². The molecule has 2 nitrogen and oxygen atoms in total. The van der Waals surface area contributed by atoms with E-state index in [9.17, 15) is 0 Å². The number of nitrogens with one attached hydrogen (secondary N) is 1. The first kappa shape index (κ1) is 16.3. The Morgan fingerprint density at radius 3 is 2.33 bits per heavy atom. The van der Waals surface area contributed by atoms with Crippen LogP contribution in [0.3, 0.4) is 0 Å². The predicted octanol–water partition coefficient (Wildman–Crippen LogP) is 5.78. The molecule has 0 spiro atoms. The normalized spacial score (nSPS) is 11.5. The summed E-state index contributed by atoms with van der Waals surface area (Å²) in [7, 11) is 0. The monoisotopic (exact) mass is 367 g/mol. The fraction of sp³-hybridized carbons (Fsp3) is 0.294. The molecule has 21 heavy (non-hydrogen) atoms. The summed E-state index contributed by atoms with van der Waals surface area (Å²) in [5.74, 6) is 1.43. The van der Waals surface area contributed by atoms with Crippen molar-refractivity contribution in [3.63, 3.8) is 0 Å². The lowest BCUT2D eigenvalue weighted by molar-refractivity contribution is 0.424. The van der Waals surface area contributed by atoms with Gasteiger partial charge in [0.05, 0.1) is 5.02 Å². The van der Waals surface area contributed by atoms with Crippen molar-refractivity contribution in [1.82, 2.24) is 5.32 Å². The predicted molar refractivity (Wildman–Crippen MR) is 92.3 cm³/mol. The molecule has 2 aromatic rings. The first-order valence-electron chi connectivity index (χ1n) is 6.80. The SMILES string of the molecule is CC(C)(C)NCc1ccc(Oc2ccc(Br)cc2Cl)cc1. The number of ether oxygens (including phenoxy) is 1. The third kappa shape index (κ3) is 5.34. The Labute approximate surface area is 139 Å². The van der Waals surface area contributed by atoms with Crippen molar-refractivity contribution >= 4 is 27.5 Å². The number of hydrogen-bond acceptors (Lipinski definition) is 2. The third-order valence-corrected chi connectivity index (χ3v) is 3.66. The summed E-state index contributed by atoms with van der Waals surface area (Å²) in [6.45, 7) is 7.29. The molecular weight excluding hydrogens is 350 g/mol. The van der Waals surface area contributed by atoms with Crippen molar-refractivity contribution in [3.05, 3.63) is 57.5 Å². The lowest BCUT2D eigenvalue weighted by Gasteiger charge is -2.20. The van der Waals surface area contributed by atoms with Crippen LogP contribution < -0.4 is 10.1 Å². The quantitative estimate of drug-likeness (QED) is 0.738. The van der Waals surface area contributed by atoms with Crippen LogP contribution in [-0.4, -0.2) is 5.54 Å². The van der Waals surface area contributed by atoms with Crippen molar-refractivity contribution in [1.29, 1.82) is 0 Å². The Balaban J connectivity index is 2.02. The second kappa shape index (κ2) is 6.82. The van der Waals surface area contributed by atoms with Gasteiger partial charge in [-0.1, -0.05) is 39.7 Å². The van der Waals surface area contributed by atoms with E-state index in [0.717, 1.165) is 16.8 Å². The maximum Gasteiger partial charge on any atom is 0.146 e. The zero-order chi connectivity index (χ0) is 15.5. The zero-order valence-electron chi connectivity index (χ0n) is 12.4. The molecule has 0 bridgehead atoms. The fourth-order valence-electron chi connectivity index (χ4n) is 1.73. The summed E-state index contributed by atoms with van der Waals surface area (Å²) < 4.78 is 6.73. The minimum absolute atomic E-state index is 0.111. The Morgan fingerprint density at radius 1 is 1.10 bits per heavy atom. The Kier molecular flexibility index (Phi) is 5.31. The second-order valence-corrected chi connectivity index (χ2v) is 7.25. The van der Waals surface area contributed by atoms with E-state index in [1.807, 2.05) is 30.3 Å². The van der Waals surface area contributed by atoms with Crippen LogP contribution in [0, 0.1) is 0 Å². The van der Waals surface area contributed by atoms with Crippen LogP contribution in [-0.2, 0) is 6.54 Å². The molecule has 0 aliphatic carbocycles. The van der Waals surface area contributed by atoms with E-state index < -0.39 is 0 Å². The molecule has 0 aromatic heterocycles. The number of benzene rings is 2. The van der Waals surface area contributed by atoms with E-state index in [-0.39, 0.29) is 5.54 Å². The van der Waals surface area contributed by atoms with Crippen LogP contribution >= 0.6 is 27.5 Å². The smallest absolute Gasteiger partial charge is 0.146 e. The molecule has 0 radical (unpaired) electrons. The zero-order valence-corrected chi connectivity index (χ0v) is 14.8. The van der Waals surface area contributed by atoms with E-state index in [2.05, 4.69) is 54.2 Å². The molecule has 0 atom stereocenters. The maximum atomic E-state index is 6.15. The van der Waals surface area contributed by atoms with Gasteiger partial charge in [-0.2, -0.15) is 0 Å². The molecule has 2 rings (SSSR count). The van der Waals surface area contributed by atoms with Gasteiger partial charge >= 0.3 is 0 Å². The van der Waals surface area contributed by atoms with Crippen LogP contribution in [0.25, 0.3) is 0 Å². The summed E-state index contributed by atoms with van der Waals surface area (Å²) >= 11 is 9.52. The summed E-state index contributed by atoms with van der Waals surface area (Å²) in [5, 5.41) is 4.04. The molecule has 0 amide bonds. The van der Waals surface area contributed by atoms with E-state index >= 15 is 0 Å². The highest BCUT2D eigenvalue weighted by molar-refractivity contribution is 9.10. The van der Waals surface area contributed by atoms with Crippen LogP contribution in [0.4, 0.5) is 0 Å². The molecule has 0 aliphatic heterocycles. The van der Waals surface area contributed by atoms with Crippen LogP contribution in [0.5, 0.6) is 11.5 Å². The van der Waals surface area contributed by atoms with E-state index in [1.165, 1.54) is 5.56 Å². The molecule has 0 unspecified atom stereocenters. The topological polar surface area (TPSA) is 21.3 Å². The van der Waals surface area contributed by atoms with Crippen molar-refractivity contribution < 1.29 is 4.74 Å². The first-order chi connectivity index (χ1) is 9.83. The molecule has 0 fully saturated rings. The number of halogens is 2. The van der Waals surface area contributed by atoms with Crippen LogP contribution in [0.2, 0.25) is 5.02 Å². The Bertz CT molecular complexity index is 605. The third-order valence-electron chi connectivity index (χ3n) is 2.87. The molecular formula is C17H19BrClNO. The molecule has 0 heterocycles. The Hall–Kier alpha value is -1.03. The van der Waals surface area contributed by atoms with Gasteiger partial charge in [-0.05, 0) is 56.7 Å². The van der Waals surface area contributed by atoms with E-state index in [4.69, 9.17) is 16.3 Å². The largest absolute Gasteiger partial charge is 0.456 e. The van der Waals surface area contributed by atoms with Crippen molar-refractivity contribution in [2.45, 2.75) is 32.9 Å². The Morgan fingerprint density at radius 2 is 1.76 bits per heavy atom. The molecule has 112 valence electrons. The van der Waals surface area contributed by atoms with Crippen molar-refractivity contribution in [2.75, 3.05) is 0 Å². The average molecular weight is 369 g/mol. The van der Waals surface area contributed by atoms with Gasteiger partial charge in [0, 0.05) is 16.6 Å². The molecule has 0 saturated heterocycles. The van der Waals surface area contributed by atoms with Crippen molar-refractivity contribution in [2.24, 2.45) is 0 Å². The minimum Gasteiger partial charge on any atom is -0.456 e. The first-order valence-corrected chi connectivity index (χ1v) is 7.97. The average Bonchev–Trinajstić information content (AvgIpc) is 2.40. The van der Waals surface area contributed by atoms with E-state index in [0.29, 0.717) is 10.8 Å². The van der Waals surface area contributed by atoms with Gasteiger partial charge in [0.1, 0.15) is 11.5 Å². The van der Waals surface area contributed by atoms with Gasteiger partial charge in [-0.15, -0.1) is 0 Å². The van der Waals surface area contributed by atoms with Gasteiger partial charge in [-0.25, -0.2) is 0 Å². The number of rotatable bonds is 4. The highest BCUT2D eigenvalue weighted by Gasteiger charge is 2.08. The second-order valence-electron chi connectivity index (χ2n) is 5.92. The van der Waals surface area contributed by atoms with Crippen LogP contribution in [0.15, 0.2) is 46.9 Å². The van der Waals surface area contributed by atoms with Gasteiger partial charge in [-0.3, -0.25) is 0 Å². The molecule has 1 N–H and O–H groups in total. The van der Waals surface area contributed by atoms with E-state index in [1.54, 1.807) is 0 Å². The number of hydrogen-bond donors (Lipinski definition) is 1. The van der Waals surface area contributed by atoms with Crippen molar-refractivity contribution in [3.8, 4) is 11.5 Å². The lowest BCUT2D eigenvalue weighted by Crippen LogP contribution is -2.34. The summed E-state index contributed by atoms with van der Waals surface area (Å²) in [6, 6.07) is 13.6. The standard InChI is InChI=1S/C17H19BrClNO/c1-17(2,3)20-11-12-4-7-14(8-5-12)21-16-9-6-13(18)10-15(16)19/h4-10,20H,11H2,1-3H3. The van der Waals surface area contributed by atoms with Gasteiger partial charge < -0.3 is 10.1 Å². The summed E-state index contributed by atoms with van der Waals surface area (Å²) in [4.78, 5) is 0. The molecule has 4 heteroatoms. The summed E-state index contributed by atoms with van der Waals surface area (Å²) in [6.07, 6.45) is 0. The molecule has 2 aromatic carbocycles. The van der Waals surface area contributed by atoms with Gasteiger partial charge in [0.15, 0.2) is 0 Å². The summed E-state index contributed by atoms with van der Waals surface area (Å²) in [5.41, 5.74) is 1.33. The van der Waals surface area contributed by atoms with Gasteiger partial charge in [0.25, 0.3) is 0 Å². The maximum absolute atomic E-state index is 6.15. The highest BCUT2D eigenvalue weighted by Crippen LogP contribution is 2.31. The minimum atomic E-state index is 0.111.